The standard InChI is InChI=1S/C23H21FN4OS/c1-2-16-8-10-19(11-9-16)26-21(29)14-28-22-20(7-4-12-25-22)27-23(28)30-15-17-5-3-6-18(24)13-17/h3-13H,2,14-15H2,1H3,(H,26,29). The number of hydrogen-bond donors (Lipinski definition) is 1. The molecule has 0 radical (unpaired) electrons. The molecule has 0 saturated heterocycles. The number of nitrogens with zero attached hydrogens (tertiary/aromatic N) is 3. The highest BCUT2D eigenvalue weighted by Crippen LogP contribution is 2.26. The zero-order valence-corrected chi connectivity index (χ0v) is 17.3. The van der Waals surface area contributed by atoms with Crippen LogP contribution in [0.4, 0.5) is 10.1 Å². The highest BCUT2D eigenvalue weighted by Gasteiger charge is 2.15. The van der Waals surface area contributed by atoms with Gasteiger partial charge in [0.25, 0.3) is 0 Å². The molecule has 2 aromatic carbocycles. The lowest BCUT2D eigenvalue weighted by Crippen LogP contribution is -2.19. The van der Waals surface area contributed by atoms with E-state index in [9.17, 15) is 9.18 Å². The van der Waals surface area contributed by atoms with Crippen molar-refractivity contribution in [1.82, 2.24) is 14.5 Å². The van der Waals surface area contributed by atoms with E-state index in [4.69, 9.17) is 0 Å². The summed E-state index contributed by atoms with van der Waals surface area (Å²) in [4.78, 5) is 21.7. The summed E-state index contributed by atoms with van der Waals surface area (Å²) in [6.45, 7) is 2.18. The summed E-state index contributed by atoms with van der Waals surface area (Å²) in [6.07, 6.45) is 2.63. The molecule has 0 spiro atoms. The van der Waals surface area contributed by atoms with Crippen LogP contribution in [0.25, 0.3) is 11.2 Å². The molecule has 0 bridgehead atoms. The molecule has 0 aliphatic rings. The van der Waals surface area contributed by atoms with Crippen molar-refractivity contribution in [2.24, 2.45) is 0 Å². The van der Waals surface area contributed by atoms with Gasteiger partial charge >= 0.3 is 0 Å². The second kappa shape index (κ2) is 9.09. The van der Waals surface area contributed by atoms with Crippen LogP contribution in [0.3, 0.4) is 0 Å². The molecule has 152 valence electrons. The number of rotatable bonds is 7. The Hall–Kier alpha value is -3.19. The van der Waals surface area contributed by atoms with Crippen LogP contribution in [0, 0.1) is 5.82 Å². The van der Waals surface area contributed by atoms with Crippen LogP contribution in [-0.2, 0) is 23.5 Å². The van der Waals surface area contributed by atoms with Gasteiger partial charge in [-0.05, 0) is 53.9 Å². The van der Waals surface area contributed by atoms with Crippen molar-refractivity contribution in [3.8, 4) is 0 Å². The van der Waals surface area contributed by atoms with Crippen LogP contribution in [0.15, 0.2) is 72.0 Å². The molecule has 30 heavy (non-hydrogen) atoms. The van der Waals surface area contributed by atoms with Crippen LogP contribution in [0.2, 0.25) is 0 Å². The van der Waals surface area contributed by atoms with Gasteiger partial charge in [-0.2, -0.15) is 0 Å². The number of nitrogens with one attached hydrogen (secondary N) is 1. The number of halogens is 1. The van der Waals surface area contributed by atoms with Gasteiger partial charge in [-0.15, -0.1) is 0 Å². The van der Waals surface area contributed by atoms with Crippen molar-refractivity contribution >= 4 is 34.5 Å². The third-order valence-corrected chi connectivity index (χ3v) is 5.72. The summed E-state index contributed by atoms with van der Waals surface area (Å²) in [6, 6.07) is 18.0. The minimum absolute atomic E-state index is 0.0918. The van der Waals surface area contributed by atoms with Gasteiger partial charge in [0.1, 0.15) is 17.9 Å². The molecule has 4 aromatic rings. The topological polar surface area (TPSA) is 59.8 Å². The molecule has 4 rings (SSSR count). The fourth-order valence-corrected chi connectivity index (χ4v) is 4.08. The number of benzene rings is 2. The summed E-state index contributed by atoms with van der Waals surface area (Å²) in [5.74, 6) is 0.120. The number of aryl methyl sites for hydroxylation is 1. The Balaban J connectivity index is 1.54. The number of anilines is 1. The maximum absolute atomic E-state index is 13.5. The molecule has 0 unspecified atom stereocenters. The average Bonchev–Trinajstić information content (AvgIpc) is 3.10. The van der Waals surface area contributed by atoms with Gasteiger partial charge in [-0.1, -0.05) is 43.0 Å². The molecule has 0 saturated carbocycles. The molecule has 1 N–H and O–H groups in total. The minimum atomic E-state index is -0.267. The molecule has 0 aliphatic carbocycles. The second-order valence-electron chi connectivity index (χ2n) is 6.84. The Morgan fingerprint density at radius 1 is 1.10 bits per heavy atom. The largest absolute Gasteiger partial charge is 0.325 e. The first kappa shape index (κ1) is 20.1. The molecule has 2 heterocycles. The van der Waals surface area contributed by atoms with Crippen molar-refractivity contribution in [1.29, 1.82) is 0 Å². The molecule has 7 heteroatoms. The lowest BCUT2D eigenvalue weighted by Gasteiger charge is -2.10. The van der Waals surface area contributed by atoms with E-state index in [0.29, 0.717) is 16.6 Å². The summed E-state index contributed by atoms with van der Waals surface area (Å²) in [5.41, 5.74) is 4.19. The zero-order valence-electron chi connectivity index (χ0n) is 16.5. The second-order valence-corrected chi connectivity index (χ2v) is 7.79. The Bertz CT molecular complexity index is 1170. The van der Waals surface area contributed by atoms with E-state index in [2.05, 4.69) is 22.2 Å². The highest BCUT2D eigenvalue weighted by atomic mass is 32.2. The zero-order chi connectivity index (χ0) is 20.9. The molecule has 2 aromatic heterocycles. The first-order valence-electron chi connectivity index (χ1n) is 9.69. The van der Waals surface area contributed by atoms with Crippen LogP contribution < -0.4 is 5.32 Å². The molecule has 5 nitrogen and oxygen atoms in total. The molecule has 1 amide bonds. The van der Waals surface area contributed by atoms with Crippen LogP contribution in [-0.4, -0.2) is 20.4 Å². The fraction of sp³-hybridized carbons (Fsp3) is 0.174. The number of pyridine rings is 1. The number of thioether (sulfide) groups is 1. The van der Waals surface area contributed by atoms with Gasteiger partial charge in [-0.25, -0.2) is 14.4 Å². The first-order chi connectivity index (χ1) is 14.6. The van der Waals surface area contributed by atoms with E-state index in [-0.39, 0.29) is 18.3 Å². The van der Waals surface area contributed by atoms with E-state index >= 15 is 0 Å². The summed E-state index contributed by atoms with van der Waals surface area (Å²) >= 11 is 1.45. The first-order valence-corrected chi connectivity index (χ1v) is 10.7. The van der Waals surface area contributed by atoms with E-state index in [1.54, 1.807) is 16.8 Å². The minimum Gasteiger partial charge on any atom is -0.325 e. The Labute approximate surface area is 178 Å². The molecule has 0 atom stereocenters. The number of amides is 1. The van der Waals surface area contributed by atoms with Crippen molar-refractivity contribution in [2.75, 3.05) is 5.32 Å². The lowest BCUT2D eigenvalue weighted by atomic mass is 10.1. The third-order valence-electron chi connectivity index (χ3n) is 4.67. The highest BCUT2D eigenvalue weighted by molar-refractivity contribution is 7.98. The van der Waals surface area contributed by atoms with Crippen LogP contribution in [0.1, 0.15) is 18.1 Å². The van der Waals surface area contributed by atoms with Crippen molar-refractivity contribution in [2.45, 2.75) is 30.8 Å². The smallest absolute Gasteiger partial charge is 0.244 e. The van der Waals surface area contributed by atoms with Crippen LogP contribution in [0.5, 0.6) is 0 Å². The third kappa shape index (κ3) is 4.68. The molecule has 0 fully saturated rings. The Kier molecular flexibility index (Phi) is 6.09. The predicted molar refractivity (Wildman–Crippen MR) is 118 cm³/mol. The summed E-state index contributed by atoms with van der Waals surface area (Å²) < 4.78 is 15.3. The number of hydrogen-bond acceptors (Lipinski definition) is 4. The molecular weight excluding hydrogens is 399 g/mol. The van der Waals surface area contributed by atoms with E-state index in [0.717, 1.165) is 23.2 Å². The van der Waals surface area contributed by atoms with Crippen molar-refractivity contribution in [3.63, 3.8) is 0 Å². The number of imidazole rings is 1. The lowest BCUT2D eigenvalue weighted by molar-refractivity contribution is -0.116. The SMILES string of the molecule is CCc1ccc(NC(=O)Cn2c(SCc3cccc(F)c3)nc3cccnc32)cc1. The van der Waals surface area contributed by atoms with Crippen molar-refractivity contribution < 1.29 is 9.18 Å². The number of carbonyl (C=O) groups is 1. The van der Waals surface area contributed by atoms with Crippen molar-refractivity contribution in [3.05, 3.63) is 83.8 Å². The van der Waals surface area contributed by atoms with E-state index in [1.165, 1.54) is 29.5 Å². The average molecular weight is 421 g/mol. The number of fused-ring (bicyclic) bond motifs is 1. The number of carbonyl (C=O) groups excluding carboxylic acids is 1. The van der Waals surface area contributed by atoms with Gasteiger partial charge in [0.15, 0.2) is 10.8 Å². The van der Waals surface area contributed by atoms with Gasteiger partial charge in [0.2, 0.25) is 5.91 Å². The molecular formula is C23H21FN4OS. The molecule has 0 aliphatic heterocycles. The van der Waals surface area contributed by atoms with Gasteiger partial charge in [0, 0.05) is 17.6 Å². The fourth-order valence-electron chi connectivity index (χ4n) is 3.13. The van der Waals surface area contributed by atoms with Crippen LogP contribution >= 0.6 is 11.8 Å². The Morgan fingerprint density at radius 2 is 1.93 bits per heavy atom. The van der Waals surface area contributed by atoms with Gasteiger partial charge < -0.3 is 5.32 Å². The van der Waals surface area contributed by atoms with E-state index < -0.39 is 0 Å². The monoisotopic (exact) mass is 420 g/mol. The summed E-state index contributed by atoms with van der Waals surface area (Å²) in [5, 5.41) is 3.60. The quantitative estimate of drug-likeness (QED) is 0.425. The van der Waals surface area contributed by atoms with E-state index in [1.807, 2.05) is 42.5 Å². The number of aromatic nitrogens is 3. The Morgan fingerprint density at radius 3 is 2.70 bits per heavy atom. The maximum Gasteiger partial charge on any atom is 0.244 e. The van der Waals surface area contributed by atoms with Gasteiger partial charge in [-0.3, -0.25) is 9.36 Å². The maximum atomic E-state index is 13.5. The normalized spacial score (nSPS) is 11.0. The summed E-state index contributed by atoms with van der Waals surface area (Å²) in [7, 11) is 0. The van der Waals surface area contributed by atoms with Gasteiger partial charge in [0.05, 0.1) is 0 Å². The predicted octanol–water partition coefficient (Wildman–Crippen LogP) is 5.06.